The first kappa shape index (κ1) is 21.7. The zero-order valence-corrected chi connectivity index (χ0v) is 19.9. The van der Waals surface area contributed by atoms with Crippen molar-refractivity contribution in [3.63, 3.8) is 0 Å². The van der Waals surface area contributed by atoms with Gasteiger partial charge in [0.15, 0.2) is 5.82 Å². The molecule has 0 aromatic carbocycles. The standard InChI is InChI=1S/C25H28N6O2S/c1-2-16-11-26-22(27-12-16)17-9-18-13-31(14-19(18)10-17)24-28-20-5-3-8-34(33)21(20)23(29-24)30-25(15-32)6-4-7-25/h1,9,11-12,18-19,32H,3-8,10,13-15H2,(H,28,29,30)/t18-,19+,34+/m1/s1. The number of rotatable bonds is 5. The number of terminal acetylenes is 1. The molecule has 2 N–H and O–H groups in total. The van der Waals surface area contributed by atoms with Crippen LogP contribution in [0.25, 0.3) is 5.57 Å². The highest BCUT2D eigenvalue weighted by Gasteiger charge is 2.41. The minimum Gasteiger partial charge on any atom is -0.394 e. The topological polar surface area (TPSA) is 104 Å². The molecular formula is C25H28N6O2S. The Morgan fingerprint density at radius 1 is 1.24 bits per heavy atom. The lowest BCUT2D eigenvalue weighted by atomic mass is 9.77. The van der Waals surface area contributed by atoms with Gasteiger partial charge in [0.25, 0.3) is 0 Å². The fourth-order valence-corrected chi connectivity index (χ4v) is 6.91. The van der Waals surface area contributed by atoms with Gasteiger partial charge in [-0.2, -0.15) is 4.98 Å². The summed E-state index contributed by atoms with van der Waals surface area (Å²) in [5.41, 5.74) is 2.40. The number of hydrogen-bond acceptors (Lipinski definition) is 8. The first-order valence-electron chi connectivity index (χ1n) is 12.0. The van der Waals surface area contributed by atoms with E-state index in [2.05, 4.69) is 32.2 Å². The van der Waals surface area contributed by atoms with Crippen LogP contribution in [0.4, 0.5) is 11.8 Å². The Labute approximate surface area is 201 Å². The predicted molar refractivity (Wildman–Crippen MR) is 131 cm³/mol. The van der Waals surface area contributed by atoms with Gasteiger partial charge in [-0.3, -0.25) is 4.21 Å². The Bertz CT molecular complexity index is 1210. The van der Waals surface area contributed by atoms with E-state index in [1.165, 1.54) is 5.57 Å². The molecule has 9 heteroatoms. The van der Waals surface area contributed by atoms with Gasteiger partial charge in [-0.1, -0.05) is 12.0 Å². The second-order valence-corrected chi connectivity index (χ2v) is 11.4. The molecule has 4 heterocycles. The van der Waals surface area contributed by atoms with Crippen molar-refractivity contribution in [3.8, 4) is 12.3 Å². The fourth-order valence-electron chi connectivity index (χ4n) is 5.58. The van der Waals surface area contributed by atoms with E-state index in [-0.39, 0.29) is 12.1 Å². The second kappa shape index (κ2) is 8.43. The average Bonchev–Trinajstić information content (AvgIpc) is 3.41. The number of hydrogen-bond donors (Lipinski definition) is 2. The summed E-state index contributed by atoms with van der Waals surface area (Å²) in [6, 6.07) is 0. The lowest BCUT2D eigenvalue weighted by Gasteiger charge is -2.42. The van der Waals surface area contributed by atoms with Crippen LogP contribution in [0.3, 0.4) is 0 Å². The summed E-state index contributed by atoms with van der Waals surface area (Å²) in [6.07, 6.45) is 16.6. The molecule has 0 amide bonds. The number of fused-ring (bicyclic) bond motifs is 2. The molecule has 2 fully saturated rings. The molecule has 0 spiro atoms. The number of aromatic nitrogens is 4. The van der Waals surface area contributed by atoms with E-state index in [1.54, 1.807) is 12.4 Å². The molecule has 2 aliphatic carbocycles. The minimum absolute atomic E-state index is 0.0551. The third-order valence-electron chi connectivity index (χ3n) is 7.67. The Hall–Kier alpha value is -2.83. The fraction of sp³-hybridized carbons (Fsp3) is 0.520. The number of aryl methyl sites for hydroxylation is 1. The summed E-state index contributed by atoms with van der Waals surface area (Å²) in [7, 11) is -1.11. The smallest absolute Gasteiger partial charge is 0.227 e. The third-order valence-corrected chi connectivity index (χ3v) is 9.21. The number of aliphatic hydroxyl groups is 1. The highest BCUT2D eigenvalue weighted by atomic mass is 32.2. The Morgan fingerprint density at radius 2 is 2.06 bits per heavy atom. The molecule has 3 atom stereocenters. The van der Waals surface area contributed by atoms with Gasteiger partial charge in [0.2, 0.25) is 5.95 Å². The van der Waals surface area contributed by atoms with E-state index in [0.29, 0.717) is 34.9 Å². The molecule has 0 unspecified atom stereocenters. The summed E-state index contributed by atoms with van der Waals surface area (Å²) < 4.78 is 12.9. The molecule has 34 heavy (non-hydrogen) atoms. The van der Waals surface area contributed by atoms with Crippen LogP contribution in [0.2, 0.25) is 0 Å². The van der Waals surface area contributed by atoms with Crippen LogP contribution in [0, 0.1) is 24.2 Å². The molecule has 2 aromatic heterocycles. The maximum absolute atomic E-state index is 12.9. The normalized spacial score (nSPS) is 26.8. The van der Waals surface area contributed by atoms with E-state index in [9.17, 15) is 9.32 Å². The summed E-state index contributed by atoms with van der Waals surface area (Å²) in [4.78, 5) is 21.6. The molecule has 8 nitrogen and oxygen atoms in total. The zero-order valence-electron chi connectivity index (χ0n) is 19.0. The maximum Gasteiger partial charge on any atom is 0.227 e. The van der Waals surface area contributed by atoms with Crippen molar-refractivity contribution in [1.29, 1.82) is 0 Å². The van der Waals surface area contributed by atoms with Gasteiger partial charge >= 0.3 is 0 Å². The Kier molecular flexibility index (Phi) is 5.38. The van der Waals surface area contributed by atoms with Gasteiger partial charge in [-0.05, 0) is 55.9 Å². The van der Waals surface area contributed by atoms with Crippen molar-refractivity contribution in [2.75, 3.05) is 35.7 Å². The lowest BCUT2D eigenvalue weighted by Crippen LogP contribution is -2.49. The van der Waals surface area contributed by atoms with Crippen LogP contribution in [0.15, 0.2) is 23.4 Å². The summed E-state index contributed by atoms with van der Waals surface area (Å²) in [6.45, 7) is 1.75. The average molecular weight is 477 g/mol. The molecule has 0 bridgehead atoms. The van der Waals surface area contributed by atoms with Crippen LogP contribution >= 0.6 is 0 Å². The molecule has 0 radical (unpaired) electrons. The summed E-state index contributed by atoms with van der Waals surface area (Å²) in [5, 5.41) is 13.5. The molecule has 6 rings (SSSR count). The maximum atomic E-state index is 12.9. The SMILES string of the molecule is C#Cc1cnc(C2=C[C@@H]3CN(c4nc5c(c(NC6(CO)CCC6)n4)[S@@](=O)CCC5)C[C@@H]3C2)nc1. The van der Waals surface area contributed by atoms with Gasteiger partial charge in [-0.15, -0.1) is 6.42 Å². The van der Waals surface area contributed by atoms with Gasteiger partial charge in [-0.25, -0.2) is 15.0 Å². The van der Waals surface area contributed by atoms with Crippen LogP contribution in [0.5, 0.6) is 0 Å². The minimum atomic E-state index is -1.11. The van der Waals surface area contributed by atoms with Crippen LogP contribution in [0.1, 0.15) is 49.2 Å². The van der Waals surface area contributed by atoms with Crippen molar-refractivity contribution < 1.29 is 9.32 Å². The summed E-state index contributed by atoms with van der Waals surface area (Å²) in [5.74, 6) is 6.17. The number of anilines is 2. The predicted octanol–water partition coefficient (Wildman–Crippen LogP) is 2.17. The van der Waals surface area contributed by atoms with Gasteiger partial charge < -0.3 is 15.3 Å². The summed E-state index contributed by atoms with van der Waals surface area (Å²) >= 11 is 0. The molecule has 4 aliphatic rings. The lowest BCUT2D eigenvalue weighted by molar-refractivity contribution is 0.143. The van der Waals surface area contributed by atoms with Crippen molar-refractivity contribution in [2.45, 2.75) is 49.0 Å². The van der Waals surface area contributed by atoms with Gasteiger partial charge in [0.1, 0.15) is 10.7 Å². The number of aliphatic hydroxyl groups excluding tert-OH is 1. The van der Waals surface area contributed by atoms with E-state index in [1.807, 2.05) is 0 Å². The molecule has 1 saturated carbocycles. The van der Waals surface area contributed by atoms with E-state index in [4.69, 9.17) is 16.4 Å². The first-order chi connectivity index (χ1) is 16.6. The Morgan fingerprint density at radius 3 is 2.74 bits per heavy atom. The Balaban J connectivity index is 1.26. The van der Waals surface area contributed by atoms with E-state index < -0.39 is 10.8 Å². The number of nitrogens with zero attached hydrogens (tertiary/aromatic N) is 5. The highest BCUT2D eigenvalue weighted by Crippen LogP contribution is 2.42. The van der Waals surface area contributed by atoms with Crippen LogP contribution in [-0.4, -0.2) is 60.2 Å². The largest absolute Gasteiger partial charge is 0.394 e. The number of allylic oxidation sites excluding steroid dienone is 1. The first-order valence-corrected chi connectivity index (χ1v) is 13.3. The van der Waals surface area contributed by atoms with E-state index in [0.717, 1.165) is 68.0 Å². The molecule has 176 valence electrons. The molecular weight excluding hydrogens is 448 g/mol. The van der Waals surface area contributed by atoms with Crippen molar-refractivity contribution in [3.05, 3.63) is 35.6 Å². The van der Waals surface area contributed by atoms with E-state index >= 15 is 0 Å². The quantitative estimate of drug-likeness (QED) is 0.633. The molecule has 2 aromatic rings. The number of nitrogens with one attached hydrogen (secondary N) is 1. The van der Waals surface area contributed by atoms with Crippen molar-refractivity contribution >= 4 is 28.1 Å². The van der Waals surface area contributed by atoms with Crippen LogP contribution in [-0.2, 0) is 17.2 Å². The van der Waals surface area contributed by atoms with Crippen LogP contribution < -0.4 is 10.2 Å². The second-order valence-electron chi connectivity index (χ2n) is 9.88. The van der Waals surface area contributed by atoms with Crippen molar-refractivity contribution in [1.82, 2.24) is 19.9 Å². The van der Waals surface area contributed by atoms with Crippen molar-refractivity contribution in [2.24, 2.45) is 11.8 Å². The zero-order chi connectivity index (χ0) is 23.3. The third kappa shape index (κ3) is 3.69. The van der Waals surface area contributed by atoms with Gasteiger partial charge in [0, 0.05) is 31.2 Å². The molecule has 1 saturated heterocycles. The van der Waals surface area contributed by atoms with Gasteiger partial charge in [0.05, 0.1) is 34.2 Å². The highest BCUT2D eigenvalue weighted by molar-refractivity contribution is 7.85. The molecule has 2 aliphatic heterocycles. The monoisotopic (exact) mass is 476 g/mol.